The summed E-state index contributed by atoms with van der Waals surface area (Å²) in [6.45, 7) is 2.23. The lowest BCUT2D eigenvalue weighted by molar-refractivity contribution is 0.415. The number of aryl methyl sites for hydroxylation is 1. The summed E-state index contributed by atoms with van der Waals surface area (Å²) in [7, 11) is -2.00. The summed E-state index contributed by atoms with van der Waals surface area (Å²) in [5.41, 5.74) is 4.67. The molecule has 0 fully saturated rings. The van der Waals surface area contributed by atoms with Gasteiger partial charge < -0.3 is 4.74 Å². The molecule has 0 bridgehead atoms. The Morgan fingerprint density at radius 3 is 2.25 bits per heavy atom. The zero-order valence-electron chi connectivity index (χ0n) is 15.8. The lowest BCUT2D eigenvalue weighted by atomic mass is 9.94. The zero-order valence-corrected chi connectivity index (χ0v) is 16.6. The van der Waals surface area contributed by atoms with Gasteiger partial charge in [0.15, 0.2) is 0 Å². The van der Waals surface area contributed by atoms with Crippen LogP contribution >= 0.6 is 0 Å². The molecule has 142 valence electrons. The molecule has 0 atom stereocenters. The third-order valence-electron chi connectivity index (χ3n) is 4.93. The molecule has 28 heavy (non-hydrogen) atoms. The molecule has 1 aliphatic rings. The minimum absolute atomic E-state index is 0.286. The second-order valence-corrected chi connectivity index (χ2v) is 8.57. The minimum Gasteiger partial charge on any atom is -0.497 e. The largest absolute Gasteiger partial charge is 0.497 e. The molecule has 0 unspecified atom stereocenters. The first-order valence-corrected chi connectivity index (χ1v) is 10.5. The van der Waals surface area contributed by atoms with Gasteiger partial charge in [-0.1, -0.05) is 54.1 Å². The lowest BCUT2D eigenvalue weighted by Crippen LogP contribution is -2.34. The number of hydrogen-bond acceptors (Lipinski definition) is 3. The summed E-state index contributed by atoms with van der Waals surface area (Å²) in [6, 6.07) is 22.4. The summed E-state index contributed by atoms with van der Waals surface area (Å²) >= 11 is 0. The second-order valence-electron chi connectivity index (χ2n) is 6.71. The quantitative estimate of drug-likeness (QED) is 0.651. The molecule has 0 amide bonds. The Bertz CT molecular complexity index is 1130. The van der Waals surface area contributed by atoms with Crippen LogP contribution in [0.25, 0.3) is 5.57 Å². The smallest absolute Gasteiger partial charge is 0.264 e. The van der Waals surface area contributed by atoms with E-state index in [-0.39, 0.29) is 6.54 Å². The van der Waals surface area contributed by atoms with Crippen LogP contribution in [-0.4, -0.2) is 22.1 Å². The molecule has 3 aromatic carbocycles. The standard InChI is InChI=1S/C23H21NO3S/c1-17-7-13-20(14-8-17)28(25,26)24-16-15-21(22-5-3-4-6-23(22)24)18-9-11-19(27-2)12-10-18/h3-15H,16H2,1-2H3. The van der Waals surface area contributed by atoms with Crippen LogP contribution in [0.1, 0.15) is 16.7 Å². The van der Waals surface area contributed by atoms with Gasteiger partial charge >= 0.3 is 0 Å². The van der Waals surface area contributed by atoms with Crippen molar-refractivity contribution in [2.45, 2.75) is 11.8 Å². The van der Waals surface area contributed by atoms with Crippen LogP contribution in [0.4, 0.5) is 5.69 Å². The van der Waals surface area contributed by atoms with Crippen molar-refractivity contribution >= 4 is 21.3 Å². The molecule has 0 spiro atoms. The number of fused-ring (bicyclic) bond motifs is 1. The molecule has 1 heterocycles. The van der Waals surface area contributed by atoms with Crippen molar-refractivity contribution in [3.05, 3.63) is 95.6 Å². The van der Waals surface area contributed by atoms with Crippen LogP contribution in [-0.2, 0) is 10.0 Å². The molecule has 4 nitrogen and oxygen atoms in total. The predicted molar refractivity (Wildman–Crippen MR) is 112 cm³/mol. The topological polar surface area (TPSA) is 46.6 Å². The van der Waals surface area contributed by atoms with E-state index in [1.165, 1.54) is 4.31 Å². The van der Waals surface area contributed by atoms with Crippen molar-refractivity contribution in [2.75, 3.05) is 18.0 Å². The van der Waals surface area contributed by atoms with Crippen LogP contribution in [0.5, 0.6) is 5.75 Å². The molecule has 3 aromatic rings. The van der Waals surface area contributed by atoms with Crippen molar-refractivity contribution in [3.8, 4) is 5.75 Å². The van der Waals surface area contributed by atoms with E-state index in [4.69, 9.17) is 4.74 Å². The van der Waals surface area contributed by atoms with Crippen molar-refractivity contribution in [2.24, 2.45) is 0 Å². The summed E-state index contributed by atoms with van der Waals surface area (Å²) in [5, 5.41) is 0. The normalized spacial score (nSPS) is 13.6. The number of ether oxygens (including phenoxy) is 1. The van der Waals surface area contributed by atoms with Crippen LogP contribution in [0.2, 0.25) is 0 Å². The van der Waals surface area contributed by atoms with Gasteiger partial charge in [-0.2, -0.15) is 0 Å². The van der Waals surface area contributed by atoms with Gasteiger partial charge in [-0.25, -0.2) is 8.42 Å². The lowest BCUT2D eigenvalue weighted by Gasteiger charge is -2.30. The highest BCUT2D eigenvalue weighted by atomic mass is 32.2. The Hall–Kier alpha value is -3.05. The van der Waals surface area contributed by atoms with E-state index in [1.807, 2.05) is 73.7 Å². The molecule has 0 saturated carbocycles. The Morgan fingerprint density at radius 1 is 0.893 bits per heavy atom. The van der Waals surface area contributed by atoms with E-state index in [0.717, 1.165) is 28.0 Å². The van der Waals surface area contributed by atoms with Gasteiger partial charge in [-0.05, 0) is 48.4 Å². The fourth-order valence-corrected chi connectivity index (χ4v) is 4.83. The maximum absolute atomic E-state index is 13.3. The highest BCUT2D eigenvalue weighted by Crippen LogP contribution is 2.38. The molecule has 5 heteroatoms. The Kier molecular flexibility index (Phi) is 4.69. The number of hydrogen-bond donors (Lipinski definition) is 0. The number of sulfonamides is 1. The zero-order chi connectivity index (χ0) is 19.7. The maximum atomic E-state index is 13.3. The van der Waals surface area contributed by atoms with Crippen LogP contribution in [0, 0.1) is 6.92 Å². The van der Waals surface area contributed by atoms with Gasteiger partial charge in [-0.3, -0.25) is 4.31 Å². The van der Waals surface area contributed by atoms with Gasteiger partial charge in [-0.15, -0.1) is 0 Å². The van der Waals surface area contributed by atoms with E-state index in [2.05, 4.69) is 0 Å². The van der Waals surface area contributed by atoms with Crippen molar-refractivity contribution in [1.82, 2.24) is 0 Å². The van der Waals surface area contributed by atoms with Crippen LogP contribution < -0.4 is 9.04 Å². The monoisotopic (exact) mass is 391 g/mol. The average molecular weight is 391 g/mol. The molecule has 0 aliphatic carbocycles. The van der Waals surface area contributed by atoms with Gasteiger partial charge in [0.2, 0.25) is 0 Å². The van der Waals surface area contributed by atoms with E-state index in [1.54, 1.807) is 19.2 Å². The maximum Gasteiger partial charge on any atom is 0.264 e. The van der Waals surface area contributed by atoms with E-state index >= 15 is 0 Å². The Labute approximate surface area is 165 Å². The summed E-state index contributed by atoms with van der Waals surface area (Å²) < 4.78 is 33.2. The van der Waals surface area contributed by atoms with Crippen LogP contribution in [0.15, 0.2) is 83.8 Å². The third kappa shape index (κ3) is 3.18. The molecular weight excluding hydrogens is 370 g/mol. The molecule has 0 saturated heterocycles. The van der Waals surface area contributed by atoms with E-state index in [9.17, 15) is 8.42 Å². The Balaban J connectivity index is 1.78. The third-order valence-corrected chi connectivity index (χ3v) is 6.73. The Morgan fingerprint density at radius 2 is 1.57 bits per heavy atom. The molecule has 1 aliphatic heterocycles. The fourth-order valence-electron chi connectivity index (χ4n) is 3.41. The van der Waals surface area contributed by atoms with Crippen LogP contribution in [0.3, 0.4) is 0 Å². The SMILES string of the molecule is COc1ccc(C2=CCN(S(=O)(=O)c3ccc(C)cc3)c3ccccc32)cc1. The number of nitrogens with zero attached hydrogens (tertiary/aromatic N) is 1. The van der Waals surface area contributed by atoms with Crippen molar-refractivity contribution in [1.29, 1.82) is 0 Å². The molecule has 0 N–H and O–H groups in total. The first-order valence-electron chi connectivity index (χ1n) is 9.04. The van der Waals surface area contributed by atoms with Gasteiger partial charge in [0, 0.05) is 5.56 Å². The highest BCUT2D eigenvalue weighted by Gasteiger charge is 2.29. The number of para-hydroxylation sites is 1. The number of benzene rings is 3. The van der Waals surface area contributed by atoms with Crippen molar-refractivity contribution < 1.29 is 13.2 Å². The molecule has 4 rings (SSSR count). The minimum atomic E-state index is -3.64. The number of anilines is 1. The summed E-state index contributed by atoms with van der Waals surface area (Å²) in [6.07, 6.45) is 1.97. The molecule has 0 radical (unpaired) electrons. The summed E-state index contributed by atoms with van der Waals surface area (Å²) in [4.78, 5) is 0.300. The first kappa shape index (κ1) is 18.3. The second kappa shape index (κ2) is 7.17. The number of methoxy groups -OCH3 is 1. The van der Waals surface area contributed by atoms with Gasteiger partial charge in [0.25, 0.3) is 10.0 Å². The first-order chi connectivity index (χ1) is 13.5. The van der Waals surface area contributed by atoms with Gasteiger partial charge in [0.05, 0.1) is 24.2 Å². The van der Waals surface area contributed by atoms with E-state index < -0.39 is 10.0 Å². The van der Waals surface area contributed by atoms with E-state index in [0.29, 0.717) is 10.6 Å². The predicted octanol–water partition coefficient (Wildman–Crippen LogP) is 4.64. The molecule has 0 aromatic heterocycles. The van der Waals surface area contributed by atoms with Gasteiger partial charge in [0.1, 0.15) is 5.75 Å². The van der Waals surface area contributed by atoms with Crippen molar-refractivity contribution in [3.63, 3.8) is 0 Å². The fraction of sp³-hybridized carbons (Fsp3) is 0.130. The molecular formula is C23H21NO3S. The summed E-state index contributed by atoms with van der Waals surface area (Å²) in [5.74, 6) is 0.789. The highest BCUT2D eigenvalue weighted by molar-refractivity contribution is 7.92. The average Bonchev–Trinajstić information content (AvgIpc) is 2.73. The number of rotatable bonds is 4.